The van der Waals surface area contributed by atoms with E-state index < -0.39 is 0 Å². The number of amides is 2. The molecule has 9 nitrogen and oxygen atoms in total. The summed E-state index contributed by atoms with van der Waals surface area (Å²) in [5, 5.41) is 0. The van der Waals surface area contributed by atoms with Gasteiger partial charge in [-0.3, -0.25) is 29.2 Å². The van der Waals surface area contributed by atoms with E-state index in [0.717, 1.165) is 38.3 Å². The van der Waals surface area contributed by atoms with Gasteiger partial charge in [-0.25, -0.2) is 0 Å². The Morgan fingerprint density at radius 2 is 2.00 bits per heavy atom. The normalized spacial score (nSPS) is 25.1. The third-order valence-electron chi connectivity index (χ3n) is 7.36. The van der Waals surface area contributed by atoms with Gasteiger partial charge < -0.3 is 14.5 Å². The summed E-state index contributed by atoms with van der Waals surface area (Å²) >= 11 is 0. The summed E-state index contributed by atoms with van der Waals surface area (Å²) in [4.78, 5) is 50.4. The van der Waals surface area contributed by atoms with Gasteiger partial charge in [0.05, 0.1) is 18.2 Å². The highest BCUT2D eigenvalue weighted by molar-refractivity contribution is 5.82. The molecule has 2 amide bonds. The second-order valence-electron chi connectivity index (χ2n) is 9.49. The van der Waals surface area contributed by atoms with Gasteiger partial charge in [0.25, 0.3) is 0 Å². The summed E-state index contributed by atoms with van der Waals surface area (Å²) in [7, 11) is 2.09. The first-order valence-corrected chi connectivity index (χ1v) is 12.0. The van der Waals surface area contributed by atoms with Crippen molar-refractivity contribution in [2.75, 3.05) is 59.5 Å². The van der Waals surface area contributed by atoms with Gasteiger partial charge in [-0.2, -0.15) is 0 Å². The Morgan fingerprint density at radius 3 is 2.73 bits per heavy atom. The molecule has 33 heavy (non-hydrogen) atoms. The molecule has 4 heterocycles. The van der Waals surface area contributed by atoms with Crippen LogP contribution < -0.4 is 0 Å². The number of nitrogens with zero attached hydrogens (tertiary/aromatic N) is 5. The first-order chi connectivity index (χ1) is 15.9. The van der Waals surface area contributed by atoms with Crippen LogP contribution in [0.2, 0.25) is 0 Å². The number of likely N-dealkylation sites (N-methyl/N-ethyl adjacent to an activating group) is 1. The Balaban J connectivity index is 1.33. The van der Waals surface area contributed by atoms with Crippen molar-refractivity contribution < 1.29 is 19.1 Å². The molecule has 0 saturated carbocycles. The minimum Gasteiger partial charge on any atom is -0.465 e. The molecule has 1 aromatic heterocycles. The zero-order chi connectivity index (χ0) is 23.4. The molecule has 0 aromatic carbocycles. The lowest BCUT2D eigenvalue weighted by Crippen LogP contribution is -2.64. The minimum atomic E-state index is -0.365. The van der Waals surface area contributed by atoms with Gasteiger partial charge in [-0.15, -0.1) is 0 Å². The number of aromatic nitrogens is 1. The Hall–Kier alpha value is -2.52. The van der Waals surface area contributed by atoms with Crippen molar-refractivity contribution in [1.82, 2.24) is 24.6 Å². The van der Waals surface area contributed by atoms with Gasteiger partial charge in [0.15, 0.2) is 0 Å². The van der Waals surface area contributed by atoms with E-state index in [2.05, 4.69) is 21.8 Å². The summed E-state index contributed by atoms with van der Waals surface area (Å²) in [6.45, 7) is 7.03. The molecule has 0 bridgehead atoms. The first-order valence-electron chi connectivity index (χ1n) is 12.0. The number of hydrogen-bond donors (Lipinski definition) is 0. The van der Waals surface area contributed by atoms with Crippen LogP contribution in [0.15, 0.2) is 24.4 Å². The molecule has 1 spiro atoms. The zero-order valence-corrected chi connectivity index (χ0v) is 19.7. The van der Waals surface area contributed by atoms with Crippen LogP contribution >= 0.6 is 0 Å². The van der Waals surface area contributed by atoms with E-state index in [0.29, 0.717) is 39.1 Å². The van der Waals surface area contributed by atoms with Crippen molar-refractivity contribution in [3.63, 3.8) is 0 Å². The Bertz CT molecular complexity index is 860. The molecule has 0 radical (unpaired) electrons. The monoisotopic (exact) mass is 457 g/mol. The fraction of sp³-hybridized carbons (Fsp3) is 0.667. The van der Waals surface area contributed by atoms with Gasteiger partial charge in [-0.05, 0) is 38.9 Å². The summed E-state index contributed by atoms with van der Waals surface area (Å²) in [6, 6.07) is 5.91. The third-order valence-corrected chi connectivity index (χ3v) is 7.36. The molecule has 180 valence electrons. The van der Waals surface area contributed by atoms with Crippen molar-refractivity contribution >= 4 is 17.8 Å². The molecular formula is C24H35N5O4. The fourth-order valence-corrected chi connectivity index (χ4v) is 5.25. The van der Waals surface area contributed by atoms with Crippen molar-refractivity contribution in [2.24, 2.45) is 5.92 Å². The summed E-state index contributed by atoms with van der Waals surface area (Å²) in [6.07, 6.45) is 3.62. The quantitative estimate of drug-likeness (QED) is 0.579. The van der Waals surface area contributed by atoms with E-state index in [-0.39, 0.29) is 35.8 Å². The van der Waals surface area contributed by atoms with Crippen LogP contribution in [0.5, 0.6) is 0 Å². The van der Waals surface area contributed by atoms with Crippen molar-refractivity contribution in [2.45, 2.75) is 38.3 Å². The van der Waals surface area contributed by atoms with Crippen molar-refractivity contribution in [3.8, 4) is 0 Å². The van der Waals surface area contributed by atoms with E-state index >= 15 is 0 Å². The maximum absolute atomic E-state index is 13.3. The standard InChI is InChI=1S/C24H35N5O4/c1-3-33-22(31)17-28-11-9-24(8-7-21(28)30)18-29(13-12-26(24)2)23(32)19-14-27(15-19)16-20-6-4-5-10-25-20/h4-6,10,19H,3,7-9,11-18H2,1-2H3. The molecule has 1 aromatic rings. The van der Waals surface area contributed by atoms with Gasteiger partial charge in [0.1, 0.15) is 6.54 Å². The van der Waals surface area contributed by atoms with Gasteiger partial charge in [-0.1, -0.05) is 6.07 Å². The smallest absolute Gasteiger partial charge is 0.325 e. The lowest BCUT2D eigenvalue weighted by atomic mass is 9.85. The SMILES string of the molecule is CCOC(=O)CN1CCC2(CCC1=O)CN(C(=O)C1CN(Cc3ccccn3)C1)CCN2C. The number of ether oxygens (including phenoxy) is 1. The zero-order valence-electron chi connectivity index (χ0n) is 19.7. The summed E-state index contributed by atoms with van der Waals surface area (Å²) < 4.78 is 5.03. The van der Waals surface area contributed by atoms with E-state index in [9.17, 15) is 14.4 Å². The highest BCUT2D eigenvalue weighted by atomic mass is 16.5. The maximum atomic E-state index is 13.3. The highest BCUT2D eigenvalue weighted by Crippen LogP contribution is 2.33. The number of carbonyl (C=O) groups is 3. The number of esters is 1. The number of carbonyl (C=O) groups excluding carboxylic acids is 3. The molecule has 1 atom stereocenters. The molecule has 3 aliphatic rings. The van der Waals surface area contributed by atoms with E-state index in [1.807, 2.05) is 23.1 Å². The summed E-state index contributed by atoms with van der Waals surface area (Å²) in [5.74, 6) is -0.127. The van der Waals surface area contributed by atoms with Crippen LogP contribution in [0.1, 0.15) is 31.9 Å². The average Bonchev–Trinajstić information content (AvgIpc) is 2.93. The van der Waals surface area contributed by atoms with E-state index in [1.165, 1.54) is 0 Å². The molecular weight excluding hydrogens is 422 g/mol. The maximum Gasteiger partial charge on any atom is 0.325 e. The van der Waals surface area contributed by atoms with Crippen LogP contribution in [-0.4, -0.2) is 107 Å². The average molecular weight is 458 g/mol. The molecule has 0 N–H and O–H groups in total. The van der Waals surface area contributed by atoms with Crippen LogP contribution in [0.3, 0.4) is 0 Å². The second-order valence-corrected chi connectivity index (χ2v) is 9.49. The van der Waals surface area contributed by atoms with Gasteiger partial charge in [0, 0.05) is 64.0 Å². The minimum absolute atomic E-state index is 0.00327. The topological polar surface area (TPSA) is 86.3 Å². The number of hydrogen-bond acceptors (Lipinski definition) is 7. The largest absolute Gasteiger partial charge is 0.465 e. The van der Waals surface area contributed by atoms with Gasteiger partial charge >= 0.3 is 5.97 Å². The highest BCUT2D eigenvalue weighted by Gasteiger charge is 2.45. The predicted molar refractivity (Wildman–Crippen MR) is 122 cm³/mol. The molecule has 3 saturated heterocycles. The lowest BCUT2D eigenvalue weighted by molar-refractivity contribution is -0.148. The molecule has 0 aliphatic carbocycles. The van der Waals surface area contributed by atoms with Crippen LogP contribution in [-0.2, 0) is 25.7 Å². The molecule has 4 rings (SSSR count). The number of piperazine rings is 1. The van der Waals surface area contributed by atoms with Gasteiger partial charge in [0.2, 0.25) is 11.8 Å². The van der Waals surface area contributed by atoms with E-state index in [4.69, 9.17) is 4.74 Å². The Kier molecular flexibility index (Phi) is 7.29. The summed E-state index contributed by atoms with van der Waals surface area (Å²) in [5.41, 5.74) is 0.794. The lowest BCUT2D eigenvalue weighted by Gasteiger charge is -2.51. The van der Waals surface area contributed by atoms with Crippen LogP contribution in [0.4, 0.5) is 0 Å². The number of likely N-dealkylation sites (tertiary alicyclic amines) is 2. The molecule has 3 aliphatic heterocycles. The van der Waals surface area contributed by atoms with Crippen LogP contribution in [0, 0.1) is 5.92 Å². The fourth-order valence-electron chi connectivity index (χ4n) is 5.25. The first kappa shape index (κ1) is 23.6. The van der Waals surface area contributed by atoms with Crippen molar-refractivity contribution in [1.29, 1.82) is 0 Å². The Morgan fingerprint density at radius 1 is 1.18 bits per heavy atom. The number of pyridine rings is 1. The van der Waals surface area contributed by atoms with Crippen molar-refractivity contribution in [3.05, 3.63) is 30.1 Å². The third kappa shape index (κ3) is 5.35. The second kappa shape index (κ2) is 10.2. The Labute approximate surface area is 195 Å². The van der Waals surface area contributed by atoms with E-state index in [1.54, 1.807) is 18.0 Å². The molecule has 9 heteroatoms. The molecule has 1 unspecified atom stereocenters. The molecule has 3 fully saturated rings. The van der Waals surface area contributed by atoms with Crippen LogP contribution in [0.25, 0.3) is 0 Å². The predicted octanol–water partition coefficient (Wildman–Crippen LogP) is 0.602. The number of rotatable bonds is 6.